The summed E-state index contributed by atoms with van der Waals surface area (Å²) >= 11 is 0. The van der Waals surface area contributed by atoms with Crippen LogP contribution in [-0.4, -0.2) is 9.55 Å². The topological polar surface area (TPSA) is 17.8 Å². The predicted molar refractivity (Wildman–Crippen MR) is 208 cm³/mol. The average Bonchev–Trinajstić information content (AvgIpc) is 3.56. The Labute approximate surface area is 291 Å². The Morgan fingerprint density at radius 3 is 1.09 bits per heavy atom. The van der Waals surface area contributed by atoms with Gasteiger partial charge < -0.3 is 4.57 Å². The molecule has 0 amide bonds. The smallest absolute Gasteiger partial charge is 0.111 e. The molecule has 1 heterocycles. The normalized spacial score (nSPS) is 13.0. The van der Waals surface area contributed by atoms with Crippen LogP contribution >= 0.6 is 0 Å². The summed E-state index contributed by atoms with van der Waals surface area (Å²) in [4.78, 5) is 4.93. The van der Waals surface area contributed by atoms with Gasteiger partial charge in [0.15, 0.2) is 0 Å². The van der Waals surface area contributed by atoms with Gasteiger partial charge in [-0.2, -0.15) is 0 Å². The van der Waals surface area contributed by atoms with E-state index >= 15 is 0 Å². The van der Waals surface area contributed by atoms with Crippen LogP contribution in [0.15, 0.2) is 12.4 Å². The standard InChI is InChI=1S/C44H86N2/c1-5-8-10-12-14-16-18-20-22-24-26-28-30-32-34-36-39-43(37-7-3)44-45-40-41-46(44)42(4)38-35-33-31-29-27-25-23-21-19-17-15-13-11-9-6-2/h40-43H,5-39H2,1-4H3. The third-order valence-corrected chi connectivity index (χ3v) is 10.8. The van der Waals surface area contributed by atoms with Crippen molar-refractivity contribution in [2.75, 3.05) is 0 Å². The van der Waals surface area contributed by atoms with Crippen molar-refractivity contribution in [3.63, 3.8) is 0 Å². The van der Waals surface area contributed by atoms with Crippen molar-refractivity contribution in [3.8, 4) is 0 Å². The zero-order valence-electron chi connectivity index (χ0n) is 32.5. The molecule has 0 fully saturated rings. The summed E-state index contributed by atoms with van der Waals surface area (Å²) in [5, 5.41) is 0. The fourth-order valence-electron chi connectivity index (χ4n) is 7.65. The van der Waals surface area contributed by atoms with Crippen molar-refractivity contribution >= 4 is 0 Å². The molecule has 0 spiro atoms. The van der Waals surface area contributed by atoms with Crippen LogP contribution in [0, 0.1) is 0 Å². The van der Waals surface area contributed by atoms with Crippen LogP contribution in [0.4, 0.5) is 0 Å². The first-order chi connectivity index (χ1) is 22.7. The van der Waals surface area contributed by atoms with Gasteiger partial charge in [0.1, 0.15) is 5.82 Å². The highest BCUT2D eigenvalue weighted by atomic mass is 15.1. The SMILES string of the molecule is CCCCCCCCCCCCCCCCCCC(CCC)c1nccn1C(C)CCCCCCCCCCCCCCCCC. The molecular weight excluding hydrogens is 556 g/mol. The molecule has 0 bridgehead atoms. The first-order valence-electron chi connectivity index (χ1n) is 21.8. The molecule has 0 aliphatic carbocycles. The molecule has 1 rings (SSSR count). The van der Waals surface area contributed by atoms with Gasteiger partial charge in [-0.3, -0.25) is 0 Å². The van der Waals surface area contributed by atoms with Crippen LogP contribution < -0.4 is 0 Å². The average molecular weight is 643 g/mol. The summed E-state index contributed by atoms with van der Waals surface area (Å²) < 4.78 is 2.55. The quantitative estimate of drug-likeness (QED) is 0.0660. The van der Waals surface area contributed by atoms with E-state index in [-0.39, 0.29) is 0 Å². The highest BCUT2D eigenvalue weighted by Gasteiger charge is 2.18. The van der Waals surface area contributed by atoms with Crippen LogP contribution in [-0.2, 0) is 0 Å². The van der Waals surface area contributed by atoms with Gasteiger partial charge in [0, 0.05) is 24.4 Å². The molecule has 2 heteroatoms. The number of unbranched alkanes of at least 4 members (excludes halogenated alkanes) is 29. The number of hydrogen-bond acceptors (Lipinski definition) is 1. The van der Waals surface area contributed by atoms with Crippen LogP contribution in [0.1, 0.15) is 270 Å². The molecular formula is C44H86N2. The van der Waals surface area contributed by atoms with Crippen LogP contribution in [0.25, 0.3) is 0 Å². The molecule has 272 valence electrons. The number of imidazole rings is 1. The van der Waals surface area contributed by atoms with E-state index in [9.17, 15) is 0 Å². The van der Waals surface area contributed by atoms with Crippen LogP contribution in [0.5, 0.6) is 0 Å². The number of nitrogens with zero attached hydrogens (tertiary/aromatic N) is 2. The van der Waals surface area contributed by atoms with Crippen LogP contribution in [0.3, 0.4) is 0 Å². The van der Waals surface area contributed by atoms with Gasteiger partial charge >= 0.3 is 0 Å². The van der Waals surface area contributed by atoms with Crippen molar-refractivity contribution in [2.24, 2.45) is 0 Å². The van der Waals surface area contributed by atoms with Gasteiger partial charge in [-0.25, -0.2) is 4.98 Å². The third kappa shape index (κ3) is 25.3. The lowest BCUT2D eigenvalue weighted by Crippen LogP contribution is -2.13. The van der Waals surface area contributed by atoms with E-state index in [4.69, 9.17) is 4.98 Å². The molecule has 1 aromatic rings. The maximum Gasteiger partial charge on any atom is 0.111 e. The van der Waals surface area contributed by atoms with Crippen molar-refractivity contribution in [1.82, 2.24) is 9.55 Å². The molecule has 2 unspecified atom stereocenters. The Balaban J connectivity index is 2.07. The molecule has 0 saturated carbocycles. The van der Waals surface area contributed by atoms with Gasteiger partial charge in [0.2, 0.25) is 0 Å². The van der Waals surface area contributed by atoms with Gasteiger partial charge in [-0.1, -0.05) is 226 Å². The minimum Gasteiger partial charge on any atom is -0.332 e. The molecule has 0 saturated heterocycles. The predicted octanol–water partition coefficient (Wildman–Crippen LogP) is 16.2. The van der Waals surface area contributed by atoms with Gasteiger partial charge in [0.05, 0.1) is 0 Å². The molecule has 0 aromatic carbocycles. The Morgan fingerprint density at radius 2 is 0.739 bits per heavy atom. The Morgan fingerprint density at radius 1 is 0.413 bits per heavy atom. The molecule has 46 heavy (non-hydrogen) atoms. The molecule has 2 atom stereocenters. The fourth-order valence-corrected chi connectivity index (χ4v) is 7.65. The summed E-state index contributed by atoms with van der Waals surface area (Å²) in [6, 6.07) is 0.588. The molecule has 0 N–H and O–H groups in total. The molecule has 2 nitrogen and oxygen atoms in total. The number of rotatable bonds is 37. The highest BCUT2D eigenvalue weighted by molar-refractivity contribution is 5.02. The van der Waals surface area contributed by atoms with E-state index in [0.29, 0.717) is 12.0 Å². The van der Waals surface area contributed by atoms with E-state index in [1.165, 1.54) is 231 Å². The minimum absolute atomic E-state index is 0.588. The monoisotopic (exact) mass is 643 g/mol. The minimum atomic E-state index is 0.588. The molecule has 0 aliphatic rings. The second-order valence-electron chi connectivity index (χ2n) is 15.4. The highest BCUT2D eigenvalue weighted by Crippen LogP contribution is 2.30. The van der Waals surface area contributed by atoms with Gasteiger partial charge in [-0.05, 0) is 26.2 Å². The summed E-state index contributed by atoms with van der Waals surface area (Å²) in [6.07, 6.45) is 54.3. The van der Waals surface area contributed by atoms with Crippen molar-refractivity contribution in [1.29, 1.82) is 0 Å². The van der Waals surface area contributed by atoms with E-state index < -0.39 is 0 Å². The summed E-state index contributed by atoms with van der Waals surface area (Å²) in [7, 11) is 0. The summed E-state index contributed by atoms with van der Waals surface area (Å²) in [5.74, 6) is 2.03. The lowest BCUT2D eigenvalue weighted by atomic mass is 9.94. The maximum atomic E-state index is 4.93. The molecule has 1 aromatic heterocycles. The number of hydrogen-bond donors (Lipinski definition) is 0. The molecule has 0 radical (unpaired) electrons. The summed E-state index contributed by atoms with van der Waals surface area (Å²) in [6.45, 7) is 9.41. The number of aromatic nitrogens is 2. The Bertz CT molecular complexity index is 709. The van der Waals surface area contributed by atoms with Gasteiger partial charge in [-0.15, -0.1) is 0 Å². The zero-order valence-corrected chi connectivity index (χ0v) is 32.5. The summed E-state index contributed by atoms with van der Waals surface area (Å²) in [5.41, 5.74) is 0. The Kier molecular flexibility index (Phi) is 32.0. The molecule has 0 aliphatic heterocycles. The second-order valence-corrected chi connectivity index (χ2v) is 15.4. The van der Waals surface area contributed by atoms with E-state index in [1.807, 2.05) is 0 Å². The first-order valence-corrected chi connectivity index (χ1v) is 21.8. The van der Waals surface area contributed by atoms with E-state index in [1.54, 1.807) is 0 Å². The maximum absolute atomic E-state index is 4.93. The van der Waals surface area contributed by atoms with Gasteiger partial charge in [0.25, 0.3) is 0 Å². The lowest BCUT2D eigenvalue weighted by Gasteiger charge is -2.22. The largest absolute Gasteiger partial charge is 0.332 e. The Hall–Kier alpha value is -0.790. The van der Waals surface area contributed by atoms with Crippen molar-refractivity contribution < 1.29 is 0 Å². The van der Waals surface area contributed by atoms with E-state index in [2.05, 4.69) is 44.7 Å². The third-order valence-electron chi connectivity index (χ3n) is 10.8. The van der Waals surface area contributed by atoms with Crippen molar-refractivity contribution in [3.05, 3.63) is 18.2 Å². The van der Waals surface area contributed by atoms with Crippen LogP contribution in [0.2, 0.25) is 0 Å². The zero-order chi connectivity index (χ0) is 33.2. The first kappa shape index (κ1) is 43.2. The lowest BCUT2D eigenvalue weighted by molar-refractivity contribution is 0.419. The van der Waals surface area contributed by atoms with Crippen molar-refractivity contribution in [2.45, 2.75) is 264 Å². The van der Waals surface area contributed by atoms with E-state index in [0.717, 1.165) is 0 Å². The second kappa shape index (κ2) is 34.1. The fraction of sp³-hybridized carbons (Fsp3) is 0.932.